The van der Waals surface area contributed by atoms with Gasteiger partial charge in [0.2, 0.25) is 10.0 Å². The van der Waals surface area contributed by atoms with Crippen molar-refractivity contribution in [3.05, 3.63) is 72.6 Å². The summed E-state index contributed by atoms with van der Waals surface area (Å²) in [7, 11) is -4.02. The van der Waals surface area contributed by atoms with Gasteiger partial charge in [-0.2, -0.15) is 4.72 Å². The van der Waals surface area contributed by atoms with Crippen LogP contribution in [-0.2, 0) is 21.2 Å². The Hall–Kier alpha value is -3.23. The molecule has 0 amide bonds. The van der Waals surface area contributed by atoms with Crippen molar-refractivity contribution in [3.8, 4) is 0 Å². The third kappa shape index (κ3) is 3.47. The van der Waals surface area contributed by atoms with Crippen LogP contribution in [0.25, 0.3) is 21.8 Å². The third-order valence-corrected chi connectivity index (χ3v) is 6.05. The first-order valence-corrected chi connectivity index (χ1v) is 10.1. The highest BCUT2D eigenvalue weighted by Gasteiger charge is 2.26. The van der Waals surface area contributed by atoms with E-state index in [1.54, 1.807) is 30.6 Å². The van der Waals surface area contributed by atoms with Crippen LogP contribution in [0.1, 0.15) is 5.56 Å². The van der Waals surface area contributed by atoms with Crippen molar-refractivity contribution in [2.45, 2.75) is 17.4 Å². The van der Waals surface area contributed by atoms with Gasteiger partial charge in [0.05, 0.1) is 10.4 Å². The topological polar surface area (TPSA) is 112 Å². The van der Waals surface area contributed by atoms with Gasteiger partial charge >= 0.3 is 5.97 Å². The van der Waals surface area contributed by atoms with Gasteiger partial charge in [-0.05, 0) is 35.9 Å². The number of hydrogen-bond donors (Lipinski definition) is 3. The smallest absolute Gasteiger partial charge is 0.322 e. The normalized spacial score (nSPS) is 13.0. The van der Waals surface area contributed by atoms with Crippen LogP contribution in [0.4, 0.5) is 0 Å². The lowest BCUT2D eigenvalue weighted by Gasteiger charge is -2.15. The molecule has 8 heteroatoms. The largest absolute Gasteiger partial charge is 0.480 e. The molecule has 0 saturated carbocycles. The fourth-order valence-electron chi connectivity index (χ4n) is 3.18. The van der Waals surface area contributed by atoms with Gasteiger partial charge < -0.3 is 10.1 Å². The second-order valence-corrected chi connectivity index (χ2v) is 8.15. The lowest BCUT2D eigenvalue weighted by Crippen LogP contribution is -2.42. The first-order chi connectivity index (χ1) is 13.4. The lowest BCUT2D eigenvalue weighted by atomic mass is 10.1. The molecule has 0 radical (unpaired) electrons. The minimum atomic E-state index is -4.02. The number of aromatic nitrogens is 2. The summed E-state index contributed by atoms with van der Waals surface area (Å²) >= 11 is 0. The highest BCUT2D eigenvalue weighted by Crippen LogP contribution is 2.21. The standard InChI is InChI=1S/C20H17N3O4S/c24-20(25)19(11-14-12-22-18-6-2-1-5-16(14)18)23-28(26,27)15-7-8-17-13(10-15)4-3-9-21-17/h1-10,12,19,22-23H,11H2,(H,24,25). The predicted molar refractivity (Wildman–Crippen MR) is 105 cm³/mol. The predicted octanol–water partition coefficient (Wildman–Crippen LogP) is 2.69. The maximum atomic E-state index is 12.8. The Bertz CT molecular complexity index is 1280. The molecule has 0 bridgehead atoms. The Morgan fingerprint density at radius 3 is 2.79 bits per heavy atom. The molecule has 0 aliphatic rings. The number of fused-ring (bicyclic) bond motifs is 2. The molecule has 0 aliphatic heterocycles. The summed E-state index contributed by atoms with van der Waals surface area (Å²) in [6.07, 6.45) is 3.35. The van der Waals surface area contributed by atoms with Crippen molar-refractivity contribution >= 4 is 37.8 Å². The number of aromatic amines is 1. The summed E-state index contributed by atoms with van der Waals surface area (Å²) in [5, 5.41) is 11.1. The van der Waals surface area contributed by atoms with Crippen molar-refractivity contribution in [3.63, 3.8) is 0 Å². The van der Waals surface area contributed by atoms with Gasteiger partial charge in [0.1, 0.15) is 6.04 Å². The maximum Gasteiger partial charge on any atom is 0.322 e. The van der Waals surface area contributed by atoms with Crippen molar-refractivity contribution < 1.29 is 18.3 Å². The number of nitrogens with zero attached hydrogens (tertiary/aromatic N) is 1. The van der Waals surface area contributed by atoms with E-state index in [4.69, 9.17) is 0 Å². The minimum absolute atomic E-state index is 0.00169. The molecular weight excluding hydrogens is 378 g/mol. The van der Waals surface area contributed by atoms with Crippen LogP contribution in [0.3, 0.4) is 0 Å². The monoisotopic (exact) mass is 395 g/mol. The zero-order chi connectivity index (χ0) is 19.7. The van der Waals surface area contributed by atoms with Crippen LogP contribution in [0.2, 0.25) is 0 Å². The summed E-state index contributed by atoms with van der Waals surface area (Å²) in [5.74, 6) is -1.24. The first-order valence-electron chi connectivity index (χ1n) is 8.59. The van der Waals surface area contributed by atoms with Crippen LogP contribution in [0.5, 0.6) is 0 Å². The summed E-state index contributed by atoms with van der Waals surface area (Å²) in [5.41, 5.74) is 2.26. The van der Waals surface area contributed by atoms with Gasteiger partial charge in [0.15, 0.2) is 0 Å². The van der Waals surface area contributed by atoms with Crippen LogP contribution < -0.4 is 4.72 Å². The second-order valence-electron chi connectivity index (χ2n) is 6.43. The molecule has 0 saturated heterocycles. The molecule has 28 heavy (non-hydrogen) atoms. The van der Waals surface area contributed by atoms with Crippen molar-refractivity contribution in [1.29, 1.82) is 0 Å². The highest BCUT2D eigenvalue weighted by atomic mass is 32.2. The number of benzene rings is 2. The van der Waals surface area contributed by atoms with Crippen LogP contribution in [-0.4, -0.2) is 35.5 Å². The van der Waals surface area contributed by atoms with Crippen molar-refractivity contribution in [2.24, 2.45) is 0 Å². The quantitative estimate of drug-likeness (QED) is 0.465. The van der Waals surface area contributed by atoms with E-state index in [0.29, 0.717) is 10.9 Å². The molecular formula is C20H17N3O4S. The summed E-state index contributed by atoms with van der Waals surface area (Å²) in [4.78, 5) is 19.0. The first kappa shape index (κ1) is 18.1. The molecule has 7 nitrogen and oxygen atoms in total. The van der Waals surface area contributed by atoms with E-state index in [1.807, 2.05) is 24.3 Å². The second kappa shape index (κ2) is 7.06. The number of para-hydroxylation sites is 1. The number of sulfonamides is 1. The molecule has 1 atom stereocenters. The van der Waals surface area contributed by atoms with Crippen LogP contribution in [0.15, 0.2) is 71.9 Å². The molecule has 0 aliphatic carbocycles. The van der Waals surface area contributed by atoms with E-state index in [-0.39, 0.29) is 11.3 Å². The van der Waals surface area contributed by atoms with Crippen LogP contribution >= 0.6 is 0 Å². The average Bonchev–Trinajstić information content (AvgIpc) is 3.10. The van der Waals surface area contributed by atoms with Gasteiger partial charge in [-0.3, -0.25) is 9.78 Å². The summed E-state index contributed by atoms with van der Waals surface area (Å²) < 4.78 is 27.9. The zero-order valence-corrected chi connectivity index (χ0v) is 15.5. The van der Waals surface area contributed by atoms with E-state index in [1.165, 1.54) is 12.1 Å². The Morgan fingerprint density at radius 2 is 1.96 bits per heavy atom. The van der Waals surface area contributed by atoms with Gasteiger partial charge in [-0.1, -0.05) is 24.3 Å². The van der Waals surface area contributed by atoms with Gasteiger partial charge in [-0.25, -0.2) is 8.42 Å². The Labute approximate surface area is 161 Å². The molecule has 0 spiro atoms. The molecule has 142 valence electrons. The zero-order valence-electron chi connectivity index (χ0n) is 14.7. The van der Waals surface area contributed by atoms with E-state index < -0.39 is 22.0 Å². The molecule has 2 aromatic carbocycles. The summed E-state index contributed by atoms with van der Waals surface area (Å²) in [6, 6.07) is 14.1. The van der Waals surface area contributed by atoms with E-state index >= 15 is 0 Å². The summed E-state index contributed by atoms with van der Waals surface area (Å²) in [6.45, 7) is 0. The van der Waals surface area contributed by atoms with E-state index in [9.17, 15) is 18.3 Å². The number of pyridine rings is 1. The SMILES string of the molecule is O=C(O)C(Cc1c[nH]c2ccccc12)NS(=O)(=O)c1ccc2ncccc2c1. The van der Waals surface area contributed by atoms with Crippen LogP contribution in [0, 0.1) is 0 Å². The van der Waals surface area contributed by atoms with Crippen molar-refractivity contribution in [2.75, 3.05) is 0 Å². The number of H-pyrrole nitrogens is 1. The maximum absolute atomic E-state index is 12.8. The molecule has 2 aromatic heterocycles. The molecule has 1 unspecified atom stereocenters. The number of aliphatic carboxylic acids is 1. The number of hydrogen-bond acceptors (Lipinski definition) is 4. The number of carboxylic acid groups (broad SMARTS) is 1. The van der Waals surface area contributed by atoms with Crippen molar-refractivity contribution in [1.82, 2.24) is 14.7 Å². The molecule has 0 fully saturated rings. The Kier molecular flexibility index (Phi) is 4.58. The molecule has 3 N–H and O–H groups in total. The molecule has 4 rings (SSSR count). The Balaban J connectivity index is 1.63. The number of carboxylic acids is 1. The minimum Gasteiger partial charge on any atom is -0.480 e. The van der Waals surface area contributed by atoms with E-state index in [0.717, 1.165) is 16.5 Å². The van der Waals surface area contributed by atoms with E-state index in [2.05, 4.69) is 14.7 Å². The molecule has 4 aromatic rings. The molecule has 2 heterocycles. The third-order valence-electron chi connectivity index (χ3n) is 4.58. The highest BCUT2D eigenvalue weighted by molar-refractivity contribution is 7.89. The number of nitrogens with one attached hydrogen (secondary N) is 2. The Morgan fingerprint density at radius 1 is 1.14 bits per heavy atom. The number of rotatable bonds is 6. The average molecular weight is 395 g/mol. The lowest BCUT2D eigenvalue weighted by molar-refractivity contribution is -0.138. The fraction of sp³-hybridized carbons (Fsp3) is 0.100. The van der Waals surface area contributed by atoms with Gasteiger partial charge in [0, 0.05) is 35.1 Å². The van der Waals surface area contributed by atoms with Gasteiger partial charge in [0.25, 0.3) is 0 Å². The fourth-order valence-corrected chi connectivity index (χ4v) is 4.40. The van der Waals surface area contributed by atoms with Gasteiger partial charge in [-0.15, -0.1) is 0 Å². The number of carbonyl (C=O) groups is 1.